The molecule has 1 unspecified atom stereocenters. The number of rotatable bonds is 6. The van der Waals surface area contributed by atoms with Crippen LogP contribution in [0.3, 0.4) is 0 Å². The third-order valence-corrected chi connectivity index (χ3v) is 7.17. The number of nitrogens with two attached hydrogens (primary N) is 1. The van der Waals surface area contributed by atoms with Gasteiger partial charge in [0.15, 0.2) is 0 Å². The maximum absolute atomic E-state index is 15.2. The van der Waals surface area contributed by atoms with Crippen molar-refractivity contribution in [1.82, 2.24) is 10.2 Å². The highest BCUT2D eigenvalue weighted by molar-refractivity contribution is 7.23. The third kappa shape index (κ3) is 4.22. The molecule has 1 aromatic heterocycles. The molecule has 1 aliphatic rings. The molecule has 3 N–H and O–H groups in total. The number of piperazine rings is 1. The first-order chi connectivity index (χ1) is 15.9. The Bertz CT molecular complexity index is 1270. The molecule has 4 rings (SSSR count). The Kier molecular flexibility index (Phi) is 6.70. The minimum Gasteiger partial charge on any atom is -0.492 e. The van der Waals surface area contributed by atoms with E-state index in [0.29, 0.717) is 30.8 Å². The lowest BCUT2D eigenvalue weighted by Crippen LogP contribution is -2.50. The quantitative estimate of drug-likeness (QED) is 0.498. The second kappa shape index (κ2) is 9.51. The fourth-order valence-corrected chi connectivity index (χ4v) is 5.48. The van der Waals surface area contributed by atoms with E-state index in [9.17, 15) is 14.4 Å². The maximum Gasteiger partial charge on any atom is 0.210 e. The van der Waals surface area contributed by atoms with Gasteiger partial charge in [0.1, 0.15) is 28.5 Å². The number of ether oxygens (including phenoxy) is 1. The number of fused-ring (bicyclic) bond motifs is 1. The molecule has 2 aromatic carbocycles. The van der Waals surface area contributed by atoms with Crippen molar-refractivity contribution >= 4 is 44.4 Å². The number of thiophene rings is 1. The van der Waals surface area contributed by atoms with E-state index in [1.807, 2.05) is 6.07 Å². The average Bonchev–Trinajstić information content (AvgIpc) is 3.14. The highest BCUT2D eigenvalue weighted by Crippen LogP contribution is 2.46. The molecule has 0 saturated carbocycles. The van der Waals surface area contributed by atoms with Crippen LogP contribution >= 0.6 is 22.9 Å². The van der Waals surface area contributed by atoms with Crippen LogP contribution in [0.25, 0.3) is 21.2 Å². The number of amides is 1. The van der Waals surface area contributed by atoms with Gasteiger partial charge in [-0.3, -0.25) is 4.79 Å². The number of anilines is 1. The van der Waals surface area contributed by atoms with E-state index in [0.717, 1.165) is 24.3 Å². The molecule has 172 valence electrons. The van der Waals surface area contributed by atoms with Crippen LogP contribution in [0.15, 0.2) is 18.2 Å². The molecule has 6 nitrogen and oxygen atoms in total. The Morgan fingerprint density at radius 2 is 2.21 bits per heavy atom. The maximum atomic E-state index is 15.2. The summed E-state index contributed by atoms with van der Waals surface area (Å²) in [6.07, 6.45) is 1.40. The number of aryl methyl sites for hydroxylation is 1. The summed E-state index contributed by atoms with van der Waals surface area (Å²) in [5.41, 5.74) is 6.79. The van der Waals surface area contributed by atoms with E-state index in [1.165, 1.54) is 18.2 Å². The number of carbonyl (C=O) groups excluding carboxylic acids is 1. The zero-order chi connectivity index (χ0) is 23.7. The van der Waals surface area contributed by atoms with Crippen LogP contribution < -0.4 is 15.8 Å². The Morgan fingerprint density at radius 1 is 1.42 bits per heavy atom. The van der Waals surface area contributed by atoms with Crippen LogP contribution in [-0.2, 0) is 4.79 Å². The van der Waals surface area contributed by atoms with E-state index < -0.39 is 11.6 Å². The number of nitrogen functional groups attached to an aromatic ring is 1. The number of carbonyl (C=O) groups is 1. The zero-order valence-corrected chi connectivity index (χ0v) is 19.3. The van der Waals surface area contributed by atoms with Crippen LogP contribution in [0.5, 0.6) is 5.75 Å². The highest BCUT2D eigenvalue weighted by atomic mass is 35.5. The van der Waals surface area contributed by atoms with Gasteiger partial charge in [-0.1, -0.05) is 17.7 Å². The molecule has 33 heavy (non-hydrogen) atoms. The van der Waals surface area contributed by atoms with Crippen molar-refractivity contribution in [3.63, 3.8) is 0 Å². The fraction of sp³-hybridized carbons (Fsp3) is 0.304. The molecule has 1 fully saturated rings. The van der Waals surface area contributed by atoms with Gasteiger partial charge in [-0.2, -0.15) is 5.26 Å². The molecule has 0 spiro atoms. The summed E-state index contributed by atoms with van der Waals surface area (Å²) in [6.45, 7) is 3.97. The number of benzene rings is 2. The Morgan fingerprint density at radius 3 is 2.94 bits per heavy atom. The summed E-state index contributed by atoms with van der Waals surface area (Å²) in [5, 5.41) is 13.2. The zero-order valence-electron chi connectivity index (χ0n) is 17.8. The lowest BCUT2D eigenvalue weighted by Gasteiger charge is -2.33. The Balaban J connectivity index is 1.72. The monoisotopic (exact) mass is 490 g/mol. The van der Waals surface area contributed by atoms with Gasteiger partial charge < -0.3 is 20.7 Å². The van der Waals surface area contributed by atoms with Gasteiger partial charge in [0, 0.05) is 43.0 Å². The molecule has 0 aliphatic carbocycles. The normalized spacial score (nSPS) is 16.1. The lowest BCUT2D eigenvalue weighted by atomic mass is 9.97. The topological polar surface area (TPSA) is 91.4 Å². The van der Waals surface area contributed by atoms with Gasteiger partial charge in [-0.25, -0.2) is 8.78 Å². The Hall–Kier alpha value is -2.93. The van der Waals surface area contributed by atoms with E-state index in [2.05, 4.69) is 5.32 Å². The average molecular weight is 491 g/mol. The van der Waals surface area contributed by atoms with Crippen molar-refractivity contribution in [1.29, 1.82) is 5.26 Å². The molecule has 1 aliphatic heterocycles. The number of nitriles is 1. The number of nitrogens with zero attached hydrogens (tertiary/aromatic N) is 2. The van der Waals surface area contributed by atoms with Crippen LogP contribution in [0, 0.1) is 29.9 Å². The van der Waals surface area contributed by atoms with Gasteiger partial charge in [0.25, 0.3) is 0 Å². The third-order valence-electron chi connectivity index (χ3n) is 5.79. The fourth-order valence-electron chi connectivity index (χ4n) is 4.13. The van der Waals surface area contributed by atoms with Gasteiger partial charge in [-0.15, -0.1) is 11.3 Å². The number of nitrogens with one attached hydrogen (secondary N) is 1. The molecular weight excluding hydrogens is 470 g/mol. The number of hydrogen-bond acceptors (Lipinski definition) is 6. The van der Waals surface area contributed by atoms with Crippen LogP contribution in [0.2, 0.25) is 5.02 Å². The van der Waals surface area contributed by atoms with E-state index in [-0.39, 0.29) is 49.4 Å². The van der Waals surface area contributed by atoms with Crippen LogP contribution in [-0.4, -0.2) is 43.6 Å². The van der Waals surface area contributed by atoms with E-state index in [1.54, 1.807) is 11.8 Å². The summed E-state index contributed by atoms with van der Waals surface area (Å²) < 4.78 is 35.7. The molecule has 2 heterocycles. The minimum atomic E-state index is -0.616. The van der Waals surface area contributed by atoms with Crippen molar-refractivity contribution in [3.8, 4) is 22.9 Å². The molecular formula is C23H21ClF2N4O2S. The van der Waals surface area contributed by atoms with Crippen molar-refractivity contribution in [2.24, 2.45) is 0 Å². The second-order valence-corrected chi connectivity index (χ2v) is 9.21. The summed E-state index contributed by atoms with van der Waals surface area (Å²) in [7, 11) is 0. The second-order valence-electron chi connectivity index (χ2n) is 7.78. The smallest absolute Gasteiger partial charge is 0.210 e. The molecule has 10 heteroatoms. The number of hydrogen-bond donors (Lipinski definition) is 2. The van der Waals surface area contributed by atoms with E-state index in [4.69, 9.17) is 22.1 Å². The molecule has 1 saturated heterocycles. The molecule has 0 bridgehead atoms. The van der Waals surface area contributed by atoms with Gasteiger partial charge in [0.2, 0.25) is 6.41 Å². The largest absolute Gasteiger partial charge is 0.492 e. The summed E-state index contributed by atoms with van der Waals surface area (Å²) in [5.74, 6) is -0.864. The summed E-state index contributed by atoms with van der Waals surface area (Å²) >= 11 is 7.56. The van der Waals surface area contributed by atoms with Crippen LogP contribution in [0.1, 0.15) is 17.5 Å². The number of halogens is 3. The summed E-state index contributed by atoms with van der Waals surface area (Å²) in [4.78, 5) is 13.0. The van der Waals surface area contributed by atoms with Crippen molar-refractivity contribution in [3.05, 3.63) is 46.0 Å². The first-order valence-electron chi connectivity index (χ1n) is 10.3. The summed E-state index contributed by atoms with van der Waals surface area (Å²) in [6, 6.07) is 5.86. The van der Waals surface area contributed by atoms with Crippen LogP contribution in [0.4, 0.5) is 13.8 Å². The minimum absolute atomic E-state index is 0.0149. The van der Waals surface area contributed by atoms with Gasteiger partial charge in [0.05, 0.1) is 21.9 Å². The Labute approximate surface area is 198 Å². The predicted octanol–water partition coefficient (Wildman–Crippen LogP) is 4.46. The molecule has 3 aromatic rings. The first kappa shape index (κ1) is 23.2. The lowest BCUT2D eigenvalue weighted by molar-refractivity contribution is -0.121. The first-order valence-corrected chi connectivity index (χ1v) is 11.5. The highest BCUT2D eigenvalue weighted by Gasteiger charge is 2.25. The van der Waals surface area contributed by atoms with E-state index >= 15 is 4.39 Å². The molecule has 1 amide bonds. The van der Waals surface area contributed by atoms with Crippen molar-refractivity contribution < 1.29 is 18.3 Å². The van der Waals surface area contributed by atoms with Crippen molar-refractivity contribution in [2.45, 2.75) is 19.4 Å². The van der Waals surface area contributed by atoms with Gasteiger partial charge >= 0.3 is 0 Å². The molecule has 0 radical (unpaired) electrons. The molecule has 1 atom stereocenters. The van der Waals surface area contributed by atoms with Gasteiger partial charge in [-0.05, 0) is 30.2 Å². The van der Waals surface area contributed by atoms with Crippen molar-refractivity contribution in [2.75, 3.05) is 32.0 Å². The predicted molar refractivity (Wildman–Crippen MR) is 126 cm³/mol. The standard InChI is InChI=1S/C23H21ClF2N4O2S/c1-12-8-17(26)19(14-2-3-16(25)22-18(14)15(9-27)23(28)33-22)20(24)21(12)32-7-4-13-10-29-5-6-30(13)11-31/h2-3,8,11,13,29H,4-7,10,28H2,1H3. The SMILES string of the molecule is Cc1cc(F)c(-c2ccc(F)c3sc(N)c(C#N)c23)c(Cl)c1OCCC1CNCCN1C=O.